The van der Waals surface area contributed by atoms with Gasteiger partial charge < -0.3 is 9.47 Å². The number of nitrogens with one attached hydrogen (secondary N) is 1. The first-order valence-corrected chi connectivity index (χ1v) is 13.0. The lowest BCUT2D eigenvalue weighted by atomic mass is 10.0. The average molecular weight is 667 g/mol. The minimum atomic E-state index is -0.535. The van der Waals surface area contributed by atoms with E-state index in [2.05, 4.69) is 72.2 Å². The summed E-state index contributed by atoms with van der Waals surface area (Å²) in [6.45, 7) is 5.92. The Morgan fingerprint density at radius 1 is 1.03 bits per heavy atom. The molecule has 0 aromatic heterocycles. The maximum absolute atomic E-state index is 12.7. The van der Waals surface area contributed by atoms with E-state index in [0.717, 1.165) is 15.6 Å². The number of rotatable bonds is 8. The van der Waals surface area contributed by atoms with Gasteiger partial charge in [-0.05, 0) is 86.2 Å². The molecule has 0 saturated carbocycles. The quantitative estimate of drug-likeness (QED) is 0.120. The zero-order valence-electron chi connectivity index (χ0n) is 19.3. The number of halogens is 3. The Hall–Kier alpha value is -2.49. The van der Waals surface area contributed by atoms with Crippen LogP contribution in [0.15, 0.2) is 73.1 Å². The largest absolute Gasteiger partial charge is 0.483 e. The highest BCUT2D eigenvalue weighted by Gasteiger charge is 2.17. The lowest BCUT2D eigenvalue weighted by molar-refractivity contribution is -0.123. The number of nitrogens with zero attached hydrogens (tertiary/aromatic N) is 1. The molecule has 0 aliphatic rings. The van der Waals surface area contributed by atoms with E-state index >= 15 is 0 Å². The van der Waals surface area contributed by atoms with Crippen LogP contribution in [0.2, 0.25) is 0 Å². The molecule has 0 spiro atoms. The van der Waals surface area contributed by atoms with Crippen LogP contribution in [-0.2, 0) is 4.79 Å². The first-order chi connectivity index (χ1) is 16.7. The van der Waals surface area contributed by atoms with Crippen LogP contribution < -0.4 is 14.9 Å². The van der Waals surface area contributed by atoms with Crippen LogP contribution in [0, 0.1) is 6.92 Å². The normalized spacial score (nSPS) is 11.1. The molecular formula is C26H23Br3N2O4. The van der Waals surface area contributed by atoms with Crippen LogP contribution in [-0.4, -0.2) is 24.7 Å². The van der Waals surface area contributed by atoms with Crippen LogP contribution in [0.4, 0.5) is 0 Å². The Kier molecular flexibility index (Phi) is 9.65. The Labute approximate surface area is 229 Å². The Morgan fingerprint density at radius 3 is 2.49 bits per heavy atom. The molecular weight excluding hydrogens is 644 g/mol. The van der Waals surface area contributed by atoms with Gasteiger partial charge in [-0.2, -0.15) is 5.10 Å². The third kappa shape index (κ3) is 7.49. The molecule has 0 bridgehead atoms. The van der Waals surface area contributed by atoms with Gasteiger partial charge in [0.2, 0.25) is 0 Å². The van der Waals surface area contributed by atoms with Gasteiger partial charge in [0, 0.05) is 14.5 Å². The van der Waals surface area contributed by atoms with Gasteiger partial charge in [0.25, 0.3) is 5.91 Å². The van der Waals surface area contributed by atoms with E-state index < -0.39 is 11.9 Å². The van der Waals surface area contributed by atoms with Crippen molar-refractivity contribution in [3.05, 3.63) is 90.3 Å². The molecule has 0 atom stereocenters. The van der Waals surface area contributed by atoms with Gasteiger partial charge in [0.05, 0.1) is 16.3 Å². The van der Waals surface area contributed by atoms with Crippen molar-refractivity contribution in [2.75, 3.05) is 6.61 Å². The molecule has 0 saturated heterocycles. The fraction of sp³-hybridized carbons (Fsp3) is 0.192. The number of aryl methyl sites for hydroxylation is 1. The number of benzene rings is 3. The predicted molar refractivity (Wildman–Crippen MR) is 147 cm³/mol. The number of ether oxygens (including phenoxy) is 2. The number of carbonyl (C=O) groups excluding carboxylic acids is 2. The Balaban J connectivity index is 1.70. The summed E-state index contributed by atoms with van der Waals surface area (Å²) in [7, 11) is 0. The van der Waals surface area contributed by atoms with Crippen molar-refractivity contribution < 1.29 is 19.1 Å². The summed E-state index contributed by atoms with van der Waals surface area (Å²) in [5.74, 6) is 0.255. The molecule has 3 aromatic rings. The SMILES string of the molecule is Cc1ccc(C(C)C)c(OCC(=O)N/N=C/c2cc(Br)cc(Br)c2OC(=O)c2ccccc2Br)c1. The highest BCUT2D eigenvalue weighted by atomic mass is 79.9. The van der Waals surface area contributed by atoms with Crippen molar-refractivity contribution in [2.45, 2.75) is 26.7 Å². The molecule has 1 N–H and O–H groups in total. The number of hydrogen-bond acceptors (Lipinski definition) is 5. The fourth-order valence-corrected chi connectivity index (χ4v) is 4.94. The van der Waals surface area contributed by atoms with E-state index in [9.17, 15) is 9.59 Å². The first kappa shape index (κ1) is 27.1. The van der Waals surface area contributed by atoms with Gasteiger partial charge in [-0.1, -0.05) is 54.0 Å². The van der Waals surface area contributed by atoms with Crippen molar-refractivity contribution in [3.63, 3.8) is 0 Å². The number of hydrazone groups is 1. The van der Waals surface area contributed by atoms with Crippen LogP contribution in [0.25, 0.3) is 0 Å². The minimum absolute atomic E-state index is 0.188. The Bertz CT molecular complexity index is 1280. The van der Waals surface area contributed by atoms with Crippen molar-refractivity contribution in [2.24, 2.45) is 5.10 Å². The van der Waals surface area contributed by atoms with E-state index in [4.69, 9.17) is 9.47 Å². The Morgan fingerprint density at radius 2 is 1.77 bits per heavy atom. The molecule has 6 nitrogen and oxygen atoms in total. The highest BCUT2D eigenvalue weighted by molar-refractivity contribution is 9.11. The van der Waals surface area contributed by atoms with E-state index in [1.54, 1.807) is 30.3 Å². The second kappa shape index (κ2) is 12.5. The van der Waals surface area contributed by atoms with Gasteiger partial charge in [-0.15, -0.1) is 0 Å². The average Bonchev–Trinajstić information content (AvgIpc) is 2.79. The van der Waals surface area contributed by atoms with Gasteiger partial charge in [-0.3, -0.25) is 4.79 Å². The summed E-state index contributed by atoms with van der Waals surface area (Å²) < 4.78 is 13.3. The predicted octanol–water partition coefficient (Wildman–Crippen LogP) is 7.15. The van der Waals surface area contributed by atoms with E-state index in [1.807, 2.05) is 31.2 Å². The summed E-state index contributed by atoms with van der Waals surface area (Å²) in [6.07, 6.45) is 1.41. The monoisotopic (exact) mass is 664 g/mol. The van der Waals surface area contributed by atoms with Crippen LogP contribution in [0.5, 0.6) is 11.5 Å². The van der Waals surface area contributed by atoms with Crippen molar-refractivity contribution >= 4 is 65.9 Å². The van der Waals surface area contributed by atoms with Gasteiger partial charge in [-0.25, -0.2) is 10.2 Å². The first-order valence-electron chi connectivity index (χ1n) is 10.7. The van der Waals surface area contributed by atoms with Crippen LogP contribution in [0.1, 0.15) is 46.8 Å². The summed E-state index contributed by atoms with van der Waals surface area (Å²) in [5, 5.41) is 4.02. The molecule has 0 heterocycles. The maximum Gasteiger partial charge on any atom is 0.344 e. The fourth-order valence-electron chi connectivity index (χ4n) is 3.15. The van der Waals surface area contributed by atoms with Crippen molar-refractivity contribution in [3.8, 4) is 11.5 Å². The van der Waals surface area contributed by atoms with E-state index in [0.29, 0.717) is 25.8 Å². The topological polar surface area (TPSA) is 77.0 Å². The van der Waals surface area contributed by atoms with Crippen LogP contribution >= 0.6 is 47.8 Å². The van der Waals surface area contributed by atoms with Crippen molar-refractivity contribution in [1.29, 1.82) is 0 Å². The minimum Gasteiger partial charge on any atom is -0.483 e. The van der Waals surface area contributed by atoms with E-state index in [-0.39, 0.29) is 18.3 Å². The molecule has 3 aromatic carbocycles. The zero-order chi connectivity index (χ0) is 25.5. The molecule has 1 amide bonds. The summed E-state index contributed by atoms with van der Waals surface area (Å²) in [4.78, 5) is 25.0. The molecule has 3 rings (SSSR count). The number of amides is 1. The lowest BCUT2D eigenvalue weighted by Gasteiger charge is -2.14. The number of hydrogen-bond donors (Lipinski definition) is 1. The maximum atomic E-state index is 12.7. The molecule has 0 radical (unpaired) electrons. The third-order valence-corrected chi connectivity index (χ3v) is 6.61. The molecule has 0 unspecified atom stereocenters. The summed E-state index contributed by atoms with van der Waals surface area (Å²) in [6, 6.07) is 16.4. The zero-order valence-corrected chi connectivity index (χ0v) is 24.0. The lowest BCUT2D eigenvalue weighted by Crippen LogP contribution is -2.25. The van der Waals surface area contributed by atoms with Crippen molar-refractivity contribution in [1.82, 2.24) is 5.43 Å². The molecule has 9 heteroatoms. The second-order valence-electron chi connectivity index (χ2n) is 7.95. The summed E-state index contributed by atoms with van der Waals surface area (Å²) >= 11 is 10.2. The van der Waals surface area contributed by atoms with Gasteiger partial charge in [0.1, 0.15) is 5.75 Å². The molecule has 0 aliphatic carbocycles. The number of carbonyl (C=O) groups is 2. The van der Waals surface area contributed by atoms with Gasteiger partial charge in [0.15, 0.2) is 12.4 Å². The standard InChI is InChI=1S/C26H23Br3N2O4/c1-15(2)19-9-8-16(3)10-23(19)34-14-24(32)31-30-13-17-11-18(27)12-22(29)25(17)35-26(33)20-6-4-5-7-21(20)28/h4-13,15H,14H2,1-3H3,(H,31,32)/b30-13+. The summed E-state index contributed by atoms with van der Waals surface area (Å²) in [5.41, 5.74) is 5.39. The smallest absolute Gasteiger partial charge is 0.344 e. The molecule has 35 heavy (non-hydrogen) atoms. The van der Waals surface area contributed by atoms with E-state index in [1.165, 1.54) is 6.21 Å². The molecule has 182 valence electrons. The third-order valence-electron chi connectivity index (χ3n) is 4.87. The van der Waals surface area contributed by atoms with Crippen LogP contribution in [0.3, 0.4) is 0 Å². The number of esters is 1. The second-order valence-corrected chi connectivity index (χ2v) is 10.6. The molecule has 0 fully saturated rings. The highest BCUT2D eigenvalue weighted by Crippen LogP contribution is 2.33. The molecule has 0 aliphatic heterocycles. The van der Waals surface area contributed by atoms with Gasteiger partial charge >= 0.3 is 5.97 Å².